The average molecular weight is 480 g/mol. The van der Waals surface area contributed by atoms with Crippen LogP contribution in [0.1, 0.15) is 10.7 Å². The molecule has 1 amide bonds. The minimum atomic E-state index is -0.110. The quantitative estimate of drug-likeness (QED) is 0.410. The summed E-state index contributed by atoms with van der Waals surface area (Å²) in [5, 5.41) is 14.7. The van der Waals surface area contributed by atoms with Gasteiger partial charge in [-0.05, 0) is 29.6 Å². The predicted molar refractivity (Wildman–Crippen MR) is 115 cm³/mol. The van der Waals surface area contributed by atoms with Gasteiger partial charge in [-0.2, -0.15) is 0 Å². The van der Waals surface area contributed by atoms with Crippen LogP contribution in [0.3, 0.4) is 0 Å². The lowest BCUT2D eigenvalue weighted by molar-refractivity contribution is -0.113. The number of carbonyl (C=O) groups excluding carboxylic acids is 1. The summed E-state index contributed by atoms with van der Waals surface area (Å²) in [5.74, 6) is 1.03. The number of hydrogen-bond donors (Lipinski definition) is 1. The number of anilines is 1. The number of halogens is 1. The maximum atomic E-state index is 12.3. The van der Waals surface area contributed by atoms with Crippen molar-refractivity contribution in [3.63, 3.8) is 0 Å². The zero-order chi connectivity index (χ0) is 18.8. The van der Waals surface area contributed by atoms with Crippen LogP contribution in [0.5, 0.6) is 0 Å². The van der Waals surface area contributed by atoms with Crippen molar-refractivity contribution in [1.82, 2.24) is 19.7 Å². The molecule has 1 aromatic carbocycles. The second-order valence-electron chi connectivity index (χ2n) is 5.68. The number of thiophene rings is 1. The van der Waals surface area contributed by atoms with Gasteiger partial charge in [0.05, 0.1) is 16.0 Å². The number of nitrogens with one attached hydrogen (secondary N) is 1. The van der Waals surface area contributed by atoms with Gasteiger partial charge in [-0.3, -0.25) is 4.79 Å². The molecule has 0 aliphatic rings. The topological polar surface area (TPSA) is 72.7 Å². The van der Waals surface area contributed by atoms with Crippen LogP contribution in [-0.4, -0.2) is 31.4 Å². The largest absolute Gasteiger partial charge is 0.309 e. The van der Waals surface area contributed by atoms with Crippen molar-refractivity contribution in [1.29, 1.82) is 0 Å². The highest BCUT2D eigenvalue weighted by atomic mass is 79.9. The van der Waals surface area contributed by atoms with E-state index in [2.05, 4.69) is 42.5 Å². The lowest BCUT2D eigenvalue weighted by Gasteiger charge is -2.03. The molecule has 10 heteroatoms. The van der Waals surface area contributed by atoms with Crippen molar-refractivity contribution in [2.24, 2.45) is 7.05 Å². The molecule has 3 heterocycles. The first-order chi connectivity index (χ1) is 13.1. The highest BCUT2D eigenvalue weighted by Gasteiger charge is 2.13. The summed E-state index contributed by atoms with van der Waals surface area (Å²) >= 11 is 7.96. The summed E-state index contributed by atoms with van der Waals surface area (Å²) in [5.41, 5.74) is 0.873. The van der Waals surface area contributed by atoms with Gasteiger partial charge in [0.25, 0.3) is 0 Å². The standard InChI is InChI=1S/C17H14BrN5OS3/c1-23-14(8-11-3-2-6-25-11)21-22-17(23)26-9-15(24)20-16-19-12-5-4-10(18)7-13(12)27-16/h2-7H,8-9H2,1H3,(H,19,20,24). The third-order valence-corrected chi connectivity index (χ3v) is 7.09. The first-order valence-corrected chi connectivity index (χ1v) is 11.5. The molecule has 0 radical (unpaired) electrons. The summed E-state index contributed by atoms with van der Waals surface area (Å²) in [6, 6.07) is 9.96. The lowest BCUT2D eigenvalue weighted by atomic mass is 10.3. The third-order valence-electron chi connectivity index (χ3n) is 3.77. The molecule has 1 N–H and O–H groups in total. The molecule has 27 heavy (non-hydrogen) atoms. The van der Waals surface area contributed by atoms with Gasteiger partial charge in [0.15, 0.2) is 10.3 Å². The van der Waals surface area contributed by atoms with E-state index in [4.69, 9.17) is 0 Å². The Labute approximate surface area is 176 Å². The van der Waals surface area contributed by atoms with E-state index in [1.54, 1.807) is 11.3 Å². The Hall–Kier alpha value is -1.75. The highest BCUT2D eigenvalue weighted by Crippen LogP contribution is 2.28. The van der Waals surface area contributed by atoms with E-state index in [1.165, 1.54) is 28.0 Å². The minimum absolute atomic E-state index is 0.110. The molecule has 0 spiro atoms. The van der Waals surface area contributed by atoms with Crippen LogP contribution in [0.2, 0.25) is 0 Å². The maximum Gasteiger partial charge on any atom is 0.236 e. The molecule has 0 aliphatic heterocycles. The van der Waals surface area contributed by atoms with Gasteiger partial charge in [0.1, 0.15) is 5.82 Å². The summed E-state index contributed by atoms with van der Waals surface area (Å²) < 4.78 is 3.96. The van der Waals surface area contributed by atoms with Crippen LogP contribution < -0.4 is 5.32 Å². The van der Waals surface area contributed by atoms with Crippen molar-refractivity contribution in [3.8, 4) is 0 Å². The molecular weight excluding hydrogens is 466 g/mol. The molecule has 0 bridgehead atoms. The Morgan fingerprint density at radius 1 is 1.33 bits per heavy atom. The number of fused-ring (bicyclic) bond motifs is 1. The van der Waals surface area contributed by atoms with Gasteiger partial charge in [-0.25, -0.2) is 4.98 Å². The van der Waals surface area contributed by atoms with Crippen molar-refractivity contribution < 1.29 is 4.79 Å². The molecule has 4 rings (SSSR count). The Bertz CT molecular complexity index is 1090. The molecule has 3 aromatic heterocycles. The first kappa shape index (κ1) is 18.6. The average Bonchev–Trinajstić information content (AvgIpc) is 3.35. The Balaban J connectivity index is 1.36. The first-order valence-electron chi connectivity index (χ1n) is 7.98. The van der Waals surface area contributed by atoms with E-state index in [1.807, 2.05) is 41.3 Å². The molecule has 0 fully saturated rings. The second kappa shape index (κ2) is 8.09. The normalized spacial score (nSPS) is 11.2. The van der Waals surface area contributed by atoms with Crippen LogP contribution in [0, 0.1) is 0 Å². The predicted octanol–water partition coefficient (Wildman–Crippen LogP) is 4.57. The monoisotopic (exact) mass is 479 g/mol. The van der Waals surface area contributed by atoms with Gasteiger partial charge in [-0.15, -0.1) is 21.5 Å². The summed E-state index contributed by atoms with van der Waals surface area (Å²) in [6.07, 6.45) is 0.745. The molecule has 0 aliphatic carbocycles. The van der Waals surface area contributed by atoms with Crippen LogP contribution in [0.15, 0.2) is 45.3 Å². The van der Waals surface area contributed by atoms with Gasteiger partial charge in [-0.1, -0.05) is 45.1 Å². The number of thioether (sulfide) groups is 1. The summed E-state index contributed by atoms with van der Waals surface area (Å²) in [7, 11) is 1.93. The van der Waals surface area contributed by atoms with E-state index < -0.39 is 0 Å². The van der Waals surface area contributed by atoms with E-state index >= 15 is 0 Å². The minimum Gasteiger partial charge on any atom is -0.309 e. The molecule has 0 saturated carbocycles. The number of hydrogen-bond acceptors (Lipinski definition) is 7. The van der Waals surface area contributed by atoms with E-state index in [9.17, 15) is 4.79 Å². The zero-order valence-corrected chi connectivity index (χ0v) is 18.2. The summed E-state index contributed by atoms with van der Waals surface area (Å²) in [4.78, 5) is 17.9. The van der Waals surface area contributed by atoms with Crippen molar-refractivity contribution >= 4 is 71.6 Å². The fraction of sp³-hybridized carbons (Fsp3) is 0.176. The van der Waals surface area contributed by atoms with E-state index in [0.29, 0.717) is 5.13 Å². The Morgan fingerprint density at radius 2 is 2.22 bits per heavy atom. The molecule has 138 valence electrons. The zero-order valence-electron chi connectivity index (χ0n) is 14.2. The van der Waals surface area contributed by atoms with Crippen molar-refractivity contribution in [2.45, 2.75) is 11.6 Å². The van der Waals surface area contributed by atoms with Crippen molar-refractivity contribution in [2.75, 3.05) is 11.1 Å². The van der Waals surface area contributed by atoms with Gasteiger partial charge >= 0.3 is 0 Å². The smallest absolute Gasteiger partial charge is 0.236 e. The van der Waals surface area contributed by atoms with Gasteiger partial charge in [0, 0.05) is 22.8 Å². The number of aromatic nitrogens is 4. The van der Waals surface area contributed by atoms with E-state index in [-0.39, 0.29) is 11.7 Å². The molecule has 4 aromatic rings. The number of nitrogens with zero attached hydrogens (tertiary/aromatic N) is 4. The second-order valence-corrected chi connectivity index (χ2v) is 9.60. The molecule has 6 nitrogen and oxygen atoms in total. The van der Waals surface area contributed by atoms with E-state index in [0.717, 1.165) is 32.1 Å². The SMILES string of the molecule is Cn1c(Cc2cccs2)nnc1SCC(=O)Nc1nc2ccc(Br)cc2s1. The Morgan fingerprint density at radius 3 is 3.04 bits per heavy atom. The lowest BCUT2D eigenvalue weighted by Crippen LogP contribution is -2.14. The van der Waals surface area contributed by atoms with Crippen LogP contribution in [0.4, 0.5) is 5.13 Å². The number of carbonyl (C=O) groups is 1. The fourth-order valence-corrected chi connectivity index (χ4v) is 5.30. The summed E-state index contributed by atoms with van der Waals surface area (Å²) in [6.45, 7) is 0. The number of thiazole rings is 1. The number of benzene rings is 1. The number of rotatable bonds is 6. The van der Waals surface area contributed by atoms with Crippen LogP contribution in [0.25, 0.3) is 10.2 Å². The van der Waals surface area contributed by atoms with Crippen molar-refractivity contribution in [3.05, 3.63) is 50.9 Å². The molecule has 0 unspecified atom stereocenters. The molecule has 0 atom stereocenters. The maximum absolute atomic E-state index is 12.3. The highest BCUT2D eigenvalue weighted by molar-refractivity contribution is 9.10. The van der Waals surface area contributed by atoms with Crippen LogP contribution in [-0.2, 0) is 18.3 Å². The Kier molecular flexibility index (Phi) is 5.58. The molecular formula is C17H14BrN5OS3. The van der Waals surface area contributed by atoms with Gasteiger partial charge in [0.2, 0.25) is 5.91 Å². The van der Waals surface area contributed by atoms with Crippen LogP contribution >= 0.6 is 50.4 Å². The van der Waals surface area contributed by atoms with Gasteiger partial charge < -0.3 is 9.88 Å². The molecule has 0 saturated heterocycles. The number of amides is 1. The fourth-order valence-electron chi connectivity index (χ4n) is 2.43. The third kappa shape index (κ3) is 4.40.